The largest absolute Gasteiger partial charge is 0.332 e. The smallest absolute Gasteiger partial charge is 0.325 e. The quantitative estimate of drug-likeness (QED) is 0.412. The first kappa shape index (κ1) is 23.8. The van der Waals surface area contributed by atoms with E-state index in [0.29, 0.717) is 29.1 Å². The molecule has 1 amide bonds. The van der Waals surface area contributed by atoms with Crippen LogP contribution in [0.3, 0.4) is 0 Å². The number of Topliss-reactive ketones (excluding diaryl/α,β-unsaturated/α-hetero) is 1. The molecule has 35 heavy (non-hydrogen) atoms. The normalized spacial score (nSPS) is 11.1. The van der Waals surface area contributed by atoms with Gasteiger partial charge in [-0.15, -0.1) is 0 Å². The molecular formula is C25H24FN5O4. The van der Waals surface area contributed by atoms with Gasteiger partial charge in [-0.25, -0.2) is 9.18 Å². The Hall–Kier alpha value is -4.34. The molecule has 0 bridgehead atoms. The summed E-state index contributed by atoms with van der Waals surface area (Å²) in [5, 5.41) is 7.08. The Morgan fingerprint density at radius 2 is 1.74 bits per heavy atom. The molecular weight excluding hydrogens is 453 g/mol. The van der Waals surface area contributed by atoms with Crippen molar-refractivity contribution in [2.45, 2.75) is 40.4 Å². The molecule has 9 nitrogen and oxygen atoms in total. The second-order valence-corrected chi connectivity index (χ2v) is 8.17. The van der Waals surface area contributed by atoms with Crippen LogP contribution in [0, 0.1) is 12.7 Å². The monoisotopic (exact) mass is 477 g/mol. The van der Waals surface area contributed by atoms with Crippen LogP contribution in [0.5, 0.6) is 0 Å². The van der Waals surface area contributed by atoms with Gasteiger partial charge in [-0.2, -0.15) is 5.10 Å². The summed E-state index contributed by atoms with van der Waals surface area (Å²) in [5.41, 5.74) is 1.12. The van der Waals surface area contributed by atoms with Gasteiger partial charge in [0, 0.05) is 17.8 Å². The van der Waals surface area contributed by atoms with Crippen molar-refractivity contribution in [1.82, 2.24) is 18.9 Å². The molecule has 4 rings (SSSR count). The summed E-state index contributed by atoms with van der Waals surface area (Å²) in [6, 6.07) is 12.0. The first-order valence-corrected chi connectivity index (χ1v) is 11.1. The SMILES string of the molecule is CCn1nc(C)c2c1c(=O)n(Cc1ccc(F)cc1)c(=O)n2CC(=O)Nc1cccc(C(C)=O)c1. The van der Waals surface area contributed by atoms with E-state index < -0.39 is 23.0 Å². The zero-order valence-corrected chi connectivity index (χ0v) is 19.5. The van der Waals surface area contributed by atoms with Crippen LogP contribution in [0.1, 0.15) is 35.5 Å². The lowest BCUT2D eigenvalue weighted by molar-refractivity contribution is -0.116. The number of benzene rings is 2. The maximum absolute atomic E-state index is 13.4. The minimum absolute atomic E-state index is 0.0932. The van der Waals surface area contributed by atoms with Gasteiger partial charge in [0.15, 0.2) is 11.3 Å². The lowest BCUT2D eigenvalue weighted by Gasteiger charge is -2.13. The number of anilines is 1. The maximum atomic E-state index is 13.4. The summed E-state index contributed by atoms with van der Waals surface area (Å²) >= 11 is 0. The van der Waals surface area contributed by atoms with E-state index >= 15 is 0 Å². The second-order valence-electron chi connectivity index (χ2n) is 8.17. The number of fused-ring (bicyclic) bond motifs is 1. The molecule has 0 aliphatic heterocycles. The van der Waals surface area contributed by atoms with Crippen LogP contribution in [0.4, 0.5) is 10.1 Å². The molecule has 0 aliphatic carbocycles. The molecule has 0 saturated heterocycles. The van der Waals surface area contributed by atoms with Gasteiger partial charge in [0.1, 0.15) is 17.9 Å². The highest BCUT2D eigenvalue weighted by Gasteiger charge is 2.22. The van der Waals surface area contributed by atoms with Crippen LogP contribution in [0.25, 0.3) is 11.0 Å². The molecule has 0 spiro atoms. The number of rotatable bonds is 7. The molecule has 0 atom stereocenters. The second kappa shape index (κ2) is 9.49. The number of carbonyl (C=O) groups is 2. The Morgan fingerprint density at radius 3 is 2.40 bits per heavy atom. The number of nitrogens with one attached hydrogen (secondary N) is 1. The summed E-state index contributed by atoms with van der Waals surface area (Å²) in [6.45, 7) is 4.83. The molecule has 10 heteroatoms. The number of aromatic nitrogens is 4. The Balaban J connectivity index is 1.79. The van der Waals surface area contributed by atoms with Crippen LogP contribution in [0.2, 0.25) is 0 Å². The minimum Gasteiger partial charge on any atom is -0.325 e. The zero-order chi connectivity index (χ0) is 25.3. The molecule has 2 aromatic heterocycles. The number of hydrogen-bond donors (Lipinski definition) is 1. The van der Waals surface area contributed by atoms with Crippen LogP contribution < -0.4 is 16.6 Å². The summed E-state index contributed by atoms with van der Waals surface area (Å²) in [7, 11) is 0. The maximum Gasteiger partial charge on any atom is 0.332 e. The highest BCUT2D eigenvalue weighted by molar-refractivity contribution is 5.97. The fourth-order valence-corrected chi connectivity index (χ4v) is 4.01. The van der Waals surface area contributed by atoms with Gasteiger partial charge < -0.3 is 5.32 Å². The number of amides is 1. The van der Waals surface area contributed by atoms with Gasteiger partial charge in [0.05, 0.1) is 12.2 Å². The molecule has 0 fully saturated rings. The van der Waals surface area contributed by atoms with Gasteiger partial charge in [-0.05, 0) is 50.6 Å². The van der Waals surface area contributed by atoms with Crippen molar-refractivity contribution in [1.29, 1.82) is 0 Å². The Bertz CT molecular complexity index is 1560. The standard InChI is InChI=1S/C25H24FN5O4/c1-4-31-23-22(15(2)28-31)29(14-21(33)27-20-7-5-6-18(12-20)16(3)32)25(35)30(24(23)34)13-17-8-10-19(26)11-9-17/h5-12H,4,13-14H2,1-3H3,(H,27,33). The van der Waals surface area contributed by atoms with Crippen LogP contribution in [-0.2, 0) is 24.4 Å². The number of aryl methyl sites for hydroxylation is 2. The van der Waals surface area contributed by atoms with E-state index in [1.165, 1.54) is 40.4 Å². The summed E-state index contributed by atoms with van der Waals surface area (Å²) in [6.07, 6.45) is 0. The van der Waals surface area contributed by atoms with Crippen molar-refractivity contribution in [3.63, 3.8) is 0 Å². The van der Waals surface area contributed by atoms with Gasteiger partial charge in [0.25, 0.3) is 5.56 Å². The number of carbonyl (C=O) groups excluding carboxylic acids is 2. The Kier molecular flexibility index (Phi) is 6.46. The number of hydrogen-bond acceptors (Lipinski definition) is 5. The fourth-order valence-electron chi connectivity index (χ4n) is 4.01. The third-order valence-corrected chi connectivity index (χ3v) is 5.68. The van der Waals surface area contributed by atoms with Gasteiger partial charge in [-0.1, -0.05) is 24.3 Å². The Morgan fingerprint density at radius 1 is 1.03 bits per heavy atom. The van der Waals surface area contributed by atoms with Crippen molar-refractivity contribution in [3.8, 4) is 0 Å². The van der Waals surface area contributed by atoms with E-state index in [-0.39, 0.29) is 29.9 Å². The first-order valence-electron chi connectivity index (χ1n) is 11.1. The molecule has 0 unspecified atom stereocenters. The lowest BCUT2D eigenvalue weighted by Crippen LogP contribution is -2.42. The molecule has 1 N–H and O–H groups in total. The van der Waals surface area contributed by atoms with Crippen molar-refractivity contribution in [2.24, 2.45) is 0 Å². The molecule has 0 aliphatic rings. The van der Waals surface area contributed by atoms with Crippen molar-refractivity contribution in [2.75, 3.05) is 5.32 Å². The number of nitrogens with zero attached hydrogens (tertiary/aromatic N) is 4. The summed E-state index contributed by atoms with van der Waals surface area (Å²) in [4.78, 5) is 51.4. The zero-order valence-electron chi connectivity index (χ0n) is 19.5. The fraction of sp³-hybridized carbons (Fsp3) is 0.240. The van der Waals surface area contributed by atoms with Gasteiger partial charge in [-0.3, -0.25) is 28.2 Å². The van der Waals surface area contributed by atoms with E-state index in [2.05, 4.69) is 10.4 Å². The van der Waals surface area contributed by atoms with Crippen LogP contribution >= 0.6 is 0 Å². The molecule has 0 saturated carbocycles. The van der Waals surface area contributed by atoms with Crippen molar-refractivity contribution >= 4 is 28.4 Å². The third-order valence-electron chi connectivity index (χ3n) is 5.68. The van der Waals surface area contributed by atoms with E-state index in [1.807, 2.05) is 6.92 Å². The van der Waals surface area contributed by atoms with E-state index in [4.69, 9.17) is 0 Å². The third kappa shape index (κ3) is 4.68. The predicted molar refractivity (Wildman–Crippen MR) is 129 cm³/mol. The number of ketones is 1. The van der Waals surface area contributed by atoms with Crippen molar-refractivity contribution < 1.29 is 14.0 Å². The average molecular weight is 477 g/mol. The number of halogens is 1. The molecule has 180 valence electrons. The van der Waals surface area contributed by atoms with Crippen LogP contribution in [0.15, 0.2) is 58.1 Å². The topological polar surface area (TPSA) is 108 Å². The molecule has 2 aromatic carbocycles. The van der Waals surface area contributed by atoms with Gasteiger partial charge >= 0.3 is 5.69 Å². The van der Waals surface area contributed by atoms with E-state index in [9.17, 15) is 23.6 Å². The van der Waals surface area contributed by atoms with Crippen LogP contribution in [-0.4, -0.2) is 30.6 Å². The Labute approximate surface area is 199 Å². The highest BCUT2D eigenvalue weighted by Crippen LogP contribution is 2.15. The van der Waals surface area contributed by atoms with E-state index in [1.54, 1.807) is 31.2 Å². The molecule has 0 radical (unpaired) electrons. The lowest BCUT2D eigenvalue weighted by atomic mass is 10.1. The first-order chi connectivity index (χ1) is 16.7. The predicted octanol–water partition coefficient (Wildman–Crippen LogP) is 2.72. The average Bonchev–Trinajstić information content (AvgIpc) is 3.17. The van der Waals surface area contributed by atoms with Gasteiger partial charge in [0.2, 0.25) is 5.91 Å². The highest BCUT2D eigenvalue weighted by atomic mass is 19.1. The molecule has 4 aromatic rings. The summed E-state index contributed by atoms with van der Waals surface area (Å²) < 4.78 is 17.1. The van der Waals surface area contributed by atoms with E-state index in [0.717, 1.165) is 4.57 Å². The van der Waals surface area contributed by atoms with Crippen molar-refractivity contribution in [3.05, 3.63) is 92.0 Å². The minimum atomic E-state index is -0.682. The summed E-state index contributed by atoms with van der Waals surface area (Å²) in [5.74, 6) is -1.08. The molecule has 2 heterocycles.